The Kier molecular flexibility index (Phi) is 3.98. The normalized spacial score (nSPS) is 26.1. The summed E-state index contributed by atoms with van der Waals surface area (Å²) in [4.78, 5) is 0. The van der Waals surface area contributed by atoms with Gasteiger partial charge in [-0.2, -0.15) is 0 Å². The summed E-state index contributed by atoms with van der Waals surface area (Å²) in [6.45, 7) is 15.2. The van der Waals surface area contributed by atoms with Crippen LogP contribution in [0.25, 0.3) is 0 Å². The fraction of sp³-hybridized carbons (Fsp3) is 0.800. The number of hydrogen-bond donors (Lipinski definition) is 0. The number of rotatable bonds is 0. The van der Waals surface area contributed by atoms with E-state index in [1.165, 1.54) is 19.4 Å². The quantitative estimate of drug-likeness (QED) is 0.430. The van der Waals surface area contributed by atoms with Gasteiger partial charge in [-0.25, -0.2) is 4.58 Å². The van der Waals surface area contributed by atoms with Crippen molar-refractivity contribution in [3.8, 4) is 0 Å². The average molecular weight is 222 g/mol. The molecule has 0 radical (unpaired) electrons. The topological polar surface area (TPSA) is 3.01 Å². The summed E-state index contributed by atoms with van der Waals surface area (Å²) >= 11 is 0. The van der Waals surface area contributed by atoms with E-state index in [0.29, 0.717) is 0 Å². The summed E-state index contributed by atoms with van der Waals surface area (Å²) in [5, 5.41) is 0. The average Bonchev–Trinajstić information content (AvgIpc) is 1.96. The highest BCUT2D eigenvalue weighted by atomic mass is 15.1. The lowest BCUT2D eigenvalue weighted by Crippen LogP contribution is -2.43. The van der Waals surface area contributed by atoms with E-state index < -0.39 is 0 Å². The van der Waals surface area contributed by atoms with Gasteiger partial charge in [0.2, 0.25) is 0 Å². The summed E-state index contributed by atoms with van der Waals surface area (Å²) in [6, 6.07) is 0. The van der Waals surface area contributed by atoms with Crippen LogP contribution < -0.4 is 0 Å². The minimum absolute atomic E-state index is 0.244. The SMILES string of the molecule is CC(C)(C)/C1=[N+](\C(C)(C)C)CCC/C=C\C1. The Balaban J connectivity index is 3.19. The molecule has 0 aromatic rings. The molecule has 1 nitrogen and oxygen atoms in total. The molecular weight excluding hydrogens is 194 g/mol. The highest BCUT2D eigenvalue weighted by molar-refractivity contribution is 5.86. The Morgan fingerprint density at radius 1 is 1.00 bits per heavy atom. The molecule has 0 saturated carbocycles. The molecule has 0 unspecified atom stereocenters. The summed E-state index contributed by atoms with van der Waals surface area (Å²) in [6.07, 6.45) is 8.29. The van der Waals surface area contributed by atoms with E-state index in [1.807, 2.05) is 0 Å². The summed E-state index contributed by atoms with van der Waals surface area (Å²) in [5.41, 5.74) is 2.10. The Hall–Kier alpha value is -0.590. The molecule has 1 rings (SSSR count). The second-order valence-corrected chi connectivity index (χ2v) is 6.84. The van der Waals surface area contributed by atoms with Gasteiger partial charge in [-0.3, -0.25) is 0 Å². The summed E-state index contributed by atoms with van der Waals surface area (Å²) < 4.78 is 2.62. The Bertz CT molecular complexity index is 294. The van der Waals surface area contributed by atoms with Crippen molar-refractivity contribution < 1.29 is 4.58 Å². The maximum atomic E-state index is 2.62. The fourth-order valence-corrected chi connectivity index (χ4v) is 2.38. The highest BCUT2D eigenvalue weighted by Crippen LogP contribution is 2.24. The van der Waals surface area contributed by atoms with Crippen molar-refractivity contribution in [1.82, 2.24) is 0 Å². The van der Waals surface area contributed by atoms with Crippen molar-refractivity contribution in [2.24, 2.45) is 5.41 Å². The lowest BCUT2D eigenvalue weighted by Gasteiger charge is -2.28. The van der Waals surface area contributed by atoms with Crippen molar-refractivity contribution in [3.63, 3.8) is 0 Å². The molecule has 0 N–H and O–H groups in total. The maximum absolute atomic E-state index is 2.62. The van der Waals surface area contributed by atoms with Gasteiger partial charge in [0.05, 0.1) is 0 Å². The molecule has 0 spiro atoms. The zero-order valence-corrected chi connectivity index (χ0v) is 11.9. The predicted octanol–water partition coefficient (Wildman–Crippen LogP) is 4.02. The molecule has 92 valence electrons. The van der Waals surface area contributed by atoms with Crippen LogP contribution in [0.15, 0.2) is 12.2 Å². The van der Waals surface area contributed by atoms with Crippen molar-refractivity contribution in [2.75, 3.05) is 6.54 Å². The summed E-state index contributed by atoms with van der Waals surface area (Å²) in [7, 11) is 0. The minimum atomic E-state index is 0.244. The van der Waals surface area contributed by atoms with Gasteiger partial charge in [-0.15, -0.1) is 0 Å². The number of hydrogen-bond acceptors (Lipinski definition) is 0. The number of nitrogens with zero attached hydrogens (tertiary/aromatic N) is 1. The van der Waals surface area contributed by atoms with Gasteiger partial charge in [0.25, 0.3) is 0 Å². The molecule has 0 saturated heterocycles. The zero-order valence-electron chi connectivity index (χ0n) is 11.9. The van der Waals surface area contributed by atoms with Crippen molar-refractivity contribution in [1.29, 1.82) is 0 Å². The van der Waals surface area contributed by atoms with E-state index in [0.717, 1.165) is 6.42 Å². The van der Waals surface area contributed by atoms with E-state index in [2.05, 4.69) is 58.3 Å². The molecule has 0 atom stereocenters. The van der Waals surface area contributed by atoms with Gasteiger partial charge >= 0.3 is 0 Å². The zero-order chi connectivity index (χ0) is 12.4. The van der Waals surface area contributed by atoms with Gasteiger partial charge < -0.3 is 0 Å². The third-order valence-electron chi connectivity index (χ3n) is 3.23. The van der Waals surface area contributed by atoms with E-state index in [4.69, 9.17) is 0 Å². The largest absolute Gasteiger partial charge is 0.232 e. The van der Waals surface area contributed by atoms with Crippen LogP contribution in [0.4, 0.5) is 0 Å². The monoisotopic (exact) mass is 222 g/mol. The Labute approximate surface area is 101 Å². The molecule has 0 aromatic carbocycles. The Morgan fingerprint density at radius 2 is 1.62 bits per heavy atom. The molecule has 0 aliphatic carbocycles. The first-order valence-corrected chi connectivity index (χ1v) is 6.52. The molecule has 0 bridgehead atoms. The lowest BCUT2D eigenvalue weighted by molar-refractivity contribution is -0.601. The molecule has 1 heterocycles. The van der Waals surface area contributed by atoms with E-state index in [1.54, 1.807) is 5.71 Å². The van der Waals surface area contributed by atoms with Crippen LogP contribution in [0.2, 0.25) is 0 Å². The predicted molar refractivity (Wildman–Crippen MR) is 72.3 cm³/mol. The minimum Gasteiger partial charge on any atom is -0.232 e. The first-order chi connectivity index (χ1) is 7.23. The maximum Gasteiger partial charge on any atom is 0.161 e. The molecule has 1 heteroatoms. The second-order valence-electron chi connectivity index (χ2n) is 6.84. The molecule has 1 aliphatic heterocycles. The summed E-state index contributed by atoms with van der Waals surface area (Å²) in [5.74, 6) is 0. The van der Waals surface area contributed by atoms with Gasteiger partial charge in [0, 0.05) is 18.3 Å². The van der Waals surface area contributed by atoms with E-state index in [-0.39, 0.29) is 11.0 Å². The van der Waals surface area contributed by atoms with Gasteiger partial charge in [0.15, 0.2) is 11.3 Å². The molecule has 16 heavy (non-hydrogen) atoms. The van der Waals surface area contributed by atoms with E-state index in [9.17, 15) is 0 Å². The third kappa shape index (κ3) is 3.47. The van der Waals surface area contributed by atoms with Crippen LogP contribution in [-0.2, 0) is 0 Å². The number of allylic oxidation sites excluding steroid dienone is 2. The molecule has 0 amide bonds. The van der Waals surface area contributed by atoms with E-state index >= 15 is 0 Å². The van der Waals surface area contributed by atoms with Crippen molar-refractivity contribution >= 4 is 5.71 Å². The van der Waals surface area contributed by atoms with Crippen molar-refractivity contribution in [2.45, 2.75) is 66.3 Å². The lowest BCUT2D eigenvalue weighted by atomic mass is 9.85. The smallest absolute Gasteiger partial charge is 0.161 e. The van der Waals surface area contributed by atoms with Crippen LogP contribution in [0.3, 0.4) is 0 Å². The van der Waals surface area contributed by atoms with Crippen LogP contribution in [0, 0.1) is 5.41 Å². The van der Waals surface area contributed by atoms with Gasteiger partial charge in [0.1, 0.15) is 6.54 Å². The fourth-order valence-electron chi connectivity index (χ4n) is 2.38. The molecule has 0 fully saturated rings. The molecule has 0 aromatic heterocycles. The first-order valence-electron chi connectivity index (χ1n) is 6.52. The highest BCUT2D eigenvalue weighted by Gasteiger charge is 2.34. The molecular formula is C15H28N+. The van der Waals surface area contributed by atoms with Gasteiger partial charge in [-0.1, -0.05) is 32.9 Å². The van der Waals surface area contributed by atoms with Gasteiger partial charge in [-0.05, 0) is 27.2 Å². The Morgan fingerprint density at radius 3 is 2.12 bits per heavy atom. The van der Waals surface area contributed by atoms with Crippen LogP contribution in [-0.4, -0.2) is 22.4 Å². The van der Waals surface area contributed by atoms with Crippen LogP contribution in [0.1, 0.15) is 60.8 Å². The van der Waals surface area contributed by atoms with Crippen LogP contribution >= 0.6 is 0 Å². The standard InChI is InChI=1S/C15H28N/c1-14(2,3)13-11-9-7-8-10-12-16(13)15(4,5)6/h7,9H,8,10-12H2,1-6H3/q+1/b9-7-,16-13-. The third-order valence-corrected chi connectivity index (χ3v) is 3.23. The molecule has 1 aliphatic rings. The van der Waals surface area contributed by atoms with Crippen molar-refractivity contribution in [3.05, 3.63) is 12.2 Å². The first kappa shape index (κ1) is 13.5. The van der Waals surface area contributed by atoms with Crippen LogP contribution in [0.5, 0.6) is 0 Å². The second kappa shape index (κ2) is 4.73.